The highest BCUT2D eigenvalue weighted by atomic mass is 35.5. The normalized spacial score (nSPS) is 11.0. The largest absolute Gasteiger partial charge is 0.494 e. The fraction of sp³-hybridized carbons (Fsp3) is 0.158. The van der Waals surface area contributed by atoms with E-state index in [1.165, 1.54) is 7.11 Å². The minimum Gasteiger partial charge on any atom is -0.494 e. The molecule has 0 aliphatic carbocycles. The van der Waals surface area contributed by atoms with Crippen LogP contribution < -0.4 is 4.74 Å². The summed E-state index contributed by atoms with van der Waals surface area (Å²) in [4.78, 5) is 16.4. The molecule has 4 rings (SSSR count). The molecule has 2 heterocycles. The van der Waals surface area contributed by atoms with E-state index < -0.39 is 5.97 Å². The third-order valence-corrected chi connectivity index (χ3v) is 5.38. The monoisotopic (exact) mass is 415 g/mol. The van der Waals surface area contributed by atoms with Crippen molar-refractivity contribution in [1.82, 2.24) is 15.2 Å². The molecule has 0 radical (unpaired) electrons. The molecule has 0 spiro atoms. The number of fused-ring (bicyclic) bond motifs is 1. The second-order valence-electron chi connectivity index (χ2n) is 5.78. The highest BCUT2D eigenvalue weighted by Crippen LogP contribution is 2.31. The highest BCUT2D eigenvalue weighted by Gasteiger charge is 2.17. The molecule has 142 valence electrons. The number of benzene rings is 2. The van der Waals surface area contributed by atoms with Gasteiger partial charge in [-0.1, -0.05) is 17.7 Å². The van der Waals surface area contributed by atoms with Crippen LogP contribution in [0.4, 0.5) is 0 Å². The summed E-state index contributed by atoms with van der Waals surface area (Å²) in [5, 5.41) is 9.28. The minimum absolute atomic E-state index is 0.236. The summed E-state index contributed by atoms with van der Waals surface area (Å²) in [6, 6.07) is 10.6. The van der Waals surface area contributed by atoms with Gasteiger partial charge in [-0.3, -0.25) is 0 Å². The van der Waals surface area contributed by atoms with Gasteiger partial charge in [0.15, 0.2) is 0 Å². The number of hydrogen-bond acceptors (Lipinski definition) is 8. The zero-order valence-electron chi connectivity index (χ0n) is 14.9. The average molecular weight is 416 g/mol. The van der Waals surface area contributed by atoms with Gasteiger partial charge in [0.1, 0.15) is 16.3 Å². The molecule has 9 heteroatoms. The Bertz CT molecular complexity index is 1170. The summed E-state index contributed by atoms with van der Waals surface area (Å²) >= 11 is 7.59. The number of aromatic nitrogens is 3. The lowest BCUT2D eigenvalue weighted by Crippen LogP contribution is -2.02. The van der Waals surface area contributed by atoms with Crippen molar-refractivity contribution in [2.24, 2.45) is 0 Å². The number of methoxy groups -OCH3 is 2. The molecule has 0 saturated carbocycles. The van der Waals surface area contributed by atoms with Crippen molar-refractivity contribution in [3.05, 3.63) is 57.9 Å². The Morgan fingerprint density at radius 3 is 2.86 bits per heavy atom. The summed E-state index contributed by atoms with van der Waals surface area (Å²) in [6.07, 6.45) is 0.396. The molecule has 7 nitrogen and oxygen atoms in total. The number of rotatable bonds is 5. The zero-order chi connectivity index (χ0) is 19.7. The number of carbonyl (C=O) groups is 1. The number of esters is 1. The first-order valence-electron chi connectivity index (χ1n) is 8.22. The van der Waals surface area contributed by atoms with Gasteiger partial charge in [-0.15, -0.1) is 21.5 Å². The van der Waals surface area contributed by atoms with Crippen LogP contribution >= 0.6 is 22.9 Å². The number of carbonyl (C=O) groups excluding carboxylic acids is 1. The smallest absolute Gasteiger partial charge is 0.339 e. The second kappa shape index (κ2) is 7.57. The molecule has 0 unspecified atom stereocenters. The predicted molar refractivity (Wildman–Crippen MR) is 105 cm³/mol. The van der Waals surface area contributed by atoms with Crippen LogP contribution in [0.2, 0.25) is 5.02 Å². The number of para-hydroxylation sites is 1. The second-order valence-corrected chi connectivity index (χ2v) is 7.30. The Balaban J connectivity index is 1.61. The Morgan fingerprint density at radius 1 is 1.21 bits per heavy atom. The lowest BCUT2D eigenvalue weighted by atomic mass is 10.1. The first-order valence-corrected chi connectivity index (χ1v) is 9.41. The van der Waals surface area contributed by atoms with E-state index in [0.717, 1.165) is 21.0 Å². The maximum absolute atomic E-state index is 11.8. The molecule has 0 aliphatic rings. The lowest BCUT2D eigenvalue weighted by molar-refractivity contribution is 0.0601. The van der Waals surface area contributed by atoms with E-state index in [1.54, 1.807) is 36.6 Å². The van der Waals surface area contributed by atoms with Crippen LogP contribution in [-0.2, 0) is 11.2 Å². The molecule has 0 fully saturated rings. The molecular formula is C19H14ClN3O4S. The molecule has 0 bridgehead atoms. The molecule has 28 heavy (non-hydrogen) atoms. The zero-order valence-corrected chi connectivity index (χ0v) is 16.5. The number of nitrogens with zero attached hydrogens (tertiary/aromatic N) is 3. The van der Waals surface area contributed by atoms with Crippen molar-refractivity contribution in [3.8, 4) is 17.2 Å². The molecule has 0 N–H and O–H groups in total. The van der Waals surface area contributed by atoms with Gasteiger partial charge in [-0.05, 0) is 30.3 Å². The lowest BCUT2D eigenvalue weighted by Gasteiger charge is -2.03. The van der Waals surface area contributed by atoms with E-state index in [2.05, 4.69) is 15.2 Å². The molecular weight excluding hydrogens is 402 g/mol. The van der Waals surface area contributed by atoms with Gasteiger partial charge in [-0.25, -0.2) is 9.78 Å². The highest BCUT2D eigenvalue weighted by molar-refractivity contribution is 7.18. The summed E-state index contributed by atoms with van der Waals surface area (Å²) in [7, 11) is 2.91. The molecule has 2 aromatic carbocycles. The van der Waals surface area contributed by atoms with E-state index in [0.29, 0.717) is 22.9 Å². The maximum atomic E-state index is 11.8. The third kappa shape index (κ3) is 3.44. The number of ether oxygens (including phenoxy) is 2. The number of thiazole rings is 1. The predicted octanol–water partition coefficient (Wildman–Crippen LogP) is 4.39. The van der Waals surface area contributed by atoms with Gasteiger partial charge in [0.05, 0.1) is 35.9 Å². The van der Waals surface area contributed by atoms with Crippen molar-refractivity contribution < 1.29 is 18.7 Å². The van der Waals surface area contributed by atoms with E-state index >= 15 is 0 Å². The first-order chi connectivity index (χ1) is 13.6. The summed E-state index contributed by atoms with van der Waals surface area (Å²) < 4.78 is 16.9. The topological polar surface area (TPSA) is 87.3 Å². The van der Waals surface area contributed by atoms with E-state index in [-0.39, 0.29) is 11.5 Å². The molecule has 4 aromatic rings. The number of halogens is 1. The Labute approximate surface area is 168 Å². The SMILES string of the molecule is COC(=O)c1cc(-c2nnc(Cc3nc4c(OC)cccc4s3)o2)ccc1Cl. The third-order valence-electron chi connectivity index (χ3n) is 4.03. The Morgan fingerprint density at radius 2 is 2.07 bits per heavy atom. The standard InChI is InChI=1S/C19H14ClN3O4S/c1-25-13-4-3-5-14-17(13)21-16(28-14)9-15-22-23-18(27-15)10-6-7-12(20)11(8-10)19(24)26-2/h3-8H,9H2,1-2H3. The van der Waals surface area contributed by atoms with E-state index in [1.807, 2.05) is 18.2 Å². The van der Waals surface area contributed by atoms with Gasteiger partial charge in [0.2, 0.25) is 11.8 Å². The maximum Gasteiger partial charge on any atom is 0.339 e. The van der Waals surface area contributed by atoms with Crippen LogP contribution in [0.5, 0.6) is 5.75 Å². The van der Waals surface area contributed by atoms with Crippen molar-refractivity contribution in [3.63, 3.8) is 0 Å². The molecule has 0 saturated heterocycles. The van der Waals surface area contributed by atoms with Crippen LogP contribution in [0.1, 0.15) is 21.3 Å². The van der Waals surface area contributed by atoms with Crippen LogP contribution in [-0.4, -0.2) is 35.4 Å². The number of hydrogen-bond donors (Lipinski definition) is 0. The quantitative estimate of drug-likeness (QED) is 0.447. The van der Waals surface area contributed by atoms with Gasteiger partial charge in [0, 0.05) is 5.56 Å². The molecule has 0 aliphatic heterocycles. The molecule has 2 aromatic heterocycles. The average Bonchev–Trinajstić information content (AvgIpc) is 3.34. The van der Waals surface area contributed by atoms with E-state index in [9.17, 15) is 4.79 Å². The Hall–Kier alpha value is -2.97. The summed E-state index contributed by atoms with van der Waals surface area (Å²) in [6.45, 7) is 0. The van der Waals surface area contributed by atoms with Crippen LogP contribution in [0.15, 0.2) is 40.8 Å². The fourth-order valence-corrected chi connectivity index (χ4v) is 3.88. The van der Waals surface area contributed by atoms with Gasteiger partial charge < -0.3 is 13.9 Å². The van der Waals surface area contributed by atoms with Gasteiger partial charge in [0.25, 0.3) is 0 Å². The fourth-order valence-electron chi connectivity index (χ4n) is 2.71. The van der Waals surface area contributed by atoms with Crippen LogP contribution in [0.3, 0.4) is 0 Å². The van der Waals surface area contributed by atoms with Crippen molar-refractivity contribution in [2.75, 3.05) is 14.2 Å². The molecule has 0 atom stereocenters. The Kier molecular flexibility index (Phi) is 4.97. The van der Waals surface area contributed by atoms with Gasteiger partial charge >= 0.3 is 5.97 Å². The van der Waals surface area contributed by atoms with Crippen LogP contribution in [0.25, 0.3) is 21.7 Å². The summed E-state index contributed by atoms with van der Waals surface area (Å²) in [5.74, 6) is 0.899. The van der Waals surface area contributed by atoms with Crippen LogP contribution in [0, 0.1) is 0 Å². The van der Waals surface area contributed by atoms with Gasteiger partial charge in [-0.2, -0.15) is 0 Å². The van der Waals surface area contributed by atoms with Crippen molar-refractivity contribution in [1.29, 1.82) is 0 Å². The van der Waals surface area contributed by atoms with Crippen molar-refractivity contribution in [2.45, 2.75) is 6.42 Å². The molecule has 0 amide bonds. The first kappa shape index (κ1) is 18.4. The minimum atomic E-state index is -0.532. The summed E-state index contributed by atoms with van der Waals surface area (Å²) in [5.41, 5.74) is 1.62. The van der Waals surface area contributed by atoms with E-state index in [4.69, 9.17) is 25.5 Å². The van der Waals surface area contributed by atoms with Crippen molar-refractivity contribution >= 4 is 39.1 Å².